The summed E-state index contributed by atoms with van der Waals surface area (Å²) in [5.41, 5.74) is -3.24. The lowest BCUT2D eigenvalue weighted by Crippen LogP contribution is -2.30. The Balaban J connectivity index is 1.72. The number of thioether (sulfide) groups is 1. The second kappa shape index (κ2) is 9.28. The Labute approximate surface area is 152 Å². The molecule has 0 aromatic heterocycles. The van der Waals surface area contributed by atoms with E-state index in [0.717, 1.165) is 5.56 Å². The van der Waals surface area contributed by atoms with Crippen LogP contribution in [0, 0.1) is 0 Å². The van der Waals surface area contributed by atoms with Crippen LogP contribution in [-0.2, 0) is 16.0 Å². The standard InChI is InChI=1S/C18H16F3NO3S/c19-18(20,21)26-15-8-6-14(7-9-15)17(24)25-12-16(23)22-11-10-13-4-2-1-3-5-13/h1-9H,10-12H2,(H,22,23). The van der Waals surface area contributed by atoms with Gasteiger partial charge in [0.15, 0.2) is 6.61 Å². The quantitative estimate of drug-likeness (QED) is 0.584. The number of carbonyl (C=O) groups excluding carboxylic acids is 2. The monoisotopic (exact) mass is 383 g/mol. The fourth-order valence-electron chi connectivity index (χ4n) is 2.05. The highest BCUT2D eigenvalue weighted by molar-refractivity contribution is 8.00. The van der Waals surface area contributed by atoms with Crippen LogP contribution in [0.15, 0.2) is 59.5 Å². The van der Waals surface area contributed by atoms with Crippen LogP contribution in [0.1, 0.15) is 15.9 Å². The Kier molecular flexibility index (Phi) is 7.08. The zero-order valence-electron chi connectivity index (χ0n) is 13.6. The van der Waals surface area contributed by atoms with Gasteiger partial charge in [-0.05, 0) is 48.0 Å². The van der Waals surface area contributed by atoms with Gasteiger partial charge in [-0.25, -0.2) is 4.79 Å². The summed E-state index contributed by atoms with van der Waals surface area (Å²) in [5.74, 6) is -1.22. The van der Waals surface area contributed by atoms with Crippen LogP contribution >= 0.6 is 11.8 Å². The molecular weight excluding hydrogens is 367 g/mol. The van der Waals surface area contributed by atoms with Crippen LogP contribution in [0.2, 0.25) is 0 Å². The molecule has 4 nitrogen and oxygen atoms in total. The van der Waals surface area contributed by atoms with Crippen molar-refractivity contribution in [3.63, 3.8) is 0 Å². The largest absolute Gasteiger partial charge is 0.452 e. The van der Waals surface area contributed by atoms with E-state index in [4.69, 9.17) is 4.74 Å². The molecule has 0 bridgehead atoms. The molecule has 138 valence electrons. The van der Waals surface area contributed by atoms with Gasteiger partial charge in [0.2, 0.25) is 0 Å². The lowest BCUT2D eigenvalue weighted by atomic mass is 10.1. The van der Waals surface area contributed by atoms with Gasteiger partial charge in [-0.1, -0.05) is 30.3 Å². The molecule has 2 aromatic carbocycles. The number of carbonyl (C=O) groups is 2. The van der Waals surface area contributed by atoms with Crippen LogP contribution in [0.4, 0.5) is 13.2 Å². The molecule has 0 heterocycles. The van der Waals surface area contributed by atoms with Crippen molar-refractivity contribution in [2.45, 2.75) is 16.8 Å². The molecule has 1 amide bonds. The van der Waals surface area contributed by atoms with E-state index in [1.165, 1.54) is 24.3 Å². The van der Waals surface area contributed by atoms with E-state index in [2.05, 4.69) is 5.32 Å². The Morgan fingerprint density at radius 2 is 1.65 bits per heavy atom. The van der Waals surface area contributed by atoms with E-state index in [-0.39, 0.29) is 22.2 Å². The Morgan fingerprint density at radius 3 is 2.27 bits per heavy atom. The molecule has 0 spiro atoms. The fraction of sp³-hybridized carbons (Fsp3) is 0.222. The third-order valence-corrected chi connectivity index (χ3v) is 3.98. The molecule has 0 aliphatic heterocycles. The Bertz CT molecular complexity index is 734. The summed E-state index contributed by atoms with van der Waals surface area (Å²) < 4.78 is 41.6. The normalized spacial score (nSPS) is 11.0. The number of benzene rings is 2. The van der Waals surface area contributed by atoms with Crippen LogP contribution in [0.3, 0.4) is 0 Å². The maximum Gasteiger partial charge on any atom is 0.446 e. The van der Waals surface area contributed by atoms with E-state index in [9.17, 15) is 22.8 Å². The fourth-order valence-corrected chi connectivity index (χ4v) is 2.59. The molecule has 8 heteroatoms. The number of alkyl halides is 3. The number of nitrogens with one attached hydrogen (secondary N) is 1. The minimum absolute atomic E-state index is 0.0345. The van der Waals surface area contributed by atoms with E-state index >= 15 is 0 Å². The molecule has 0 unspecified atom stereocenters. The first-order valence-corrected chi connectivity index (χ1v) is 8.49. The predicted octanol–water partition coefficient (Wildman–Crippen LogP) is 3.81. The van der Waals surface area contributed by atoms with Crippen molar-refractivity contribution >= 4 is 23.6 Å². The minimum atomic E-state index is -4.39. The molecule has 0 aliphatic carbocycles. The molecule has 0 saturated carbocycles. The molecule has 26 heavy (non-hydrogen) atoms. The number of halogens is 3. The highest BCUT2D eigenvalue weighted by atomic mass is 32.2. The zero-order valence-corrected chi connectivity index (χ0v) is 14.4. The molecule has 0 fully saturated rings. The number of hydrogen-bond acceptors (Lipinski definition) is 4. The van der Waals surface area contributed by atoms with Gasteiger partial charge in [-0.15, -0.1) is 0 Å². The van der Waals surface area contributed by atoms with Crippen LogP contribution in [-0.4, -0.2) is 30.5 Å². The number of rotatable bonds is 7. The highest BCUT2D eigenvalue weighted by Crippen LogP contribution is 2.36. The van der Waals surface area contributed by atoms with Crippen molar-refractivity contribution in [2.75, 3.05) is 13.2 Å². The van der Waals surface area contributed by atoms with Crippen molar-refractivity contribution < 1.29 is 27.5 Å². The van der Waals surface area contributed by atoms with Gasteiger partial charge >= 0.3 is 11.5 Å². The minimum Gasteiger partial charge on any atom is -0.452 e. The van der Waals surface area contributed by atoms with Crippen LogP contribution in [0.25, 0.3) is 0 Å². The van der Waals surface area contributed by atoms with E-state index in [1.54, 1.807) is 0 Å². The van der Waals surface area contributed by atoms with E-state index in [1.807, 2.05) is 30.3 Å². The molecule has 0 aliphatic rings. The number of hydrogen-bond donors (Lipinski definition) is 1. The number of amides is 1. The van der Waals surface area contributed by atoms with Gasteiger partial charge in [-0.2, -0.15) is 13.2 Å². The Hall–Kier alpha value is -2.48. The van der Waals surface area contributed by atoms with Gasteiger partial charge in [0.25, 0.3) is 5.91 Å². The summed E-state index contributed by atoms with van der Waals surface area (Å²) >= 11 is -0.270. The maximum absolute atomic E-state index is 12.2. The van der Waals surface area contributed by atoms with Crippen molar-refractivity contribution in [2.24, 2.45) is 0 Å². The second-order valence-corrected chi connectivity index (χ2v) is 6.37. The van der Waals surface area contributed by atoms with Gasteiger partial charge in [0, 0.05) is 11.4 Å². The van der Waals surface area contributed by atoms with Gasteiger partial charge in [0.1, 0.15) is 0 Å². The summed E-state index contributed by atoms with van der Waals surface area (Å²) in [4.78, 5) is 23.4. The number of esters is 1. The predicted molar refractivity (Wildman–Crippen MR) is 91.8 cm³/mol. The van der Waals surface area contributed by atoms with Crippen LogP contribution in [0.5, 0.6) is 0 Å². The third-order valence-electron chi connectivity index (χ3n) is 3.24. The van der Waals surface area contributed by atoms with Gasteiger partial charge in [0.05, 0.1) is 5.56 Å². The van der Waals surface area contributed by atoms with E-state index in [0.29, 0.717) is 13.0 Å². The average molecular weight is 383 g/mol. The van der Waals surface area contributed by atoms with Crippen molar-refractivity contribution in [3.8, 4) is 0 Å². The van der Waals surface area contributed by atoms with Crippen LogP contribution < -0.4 is 5.32 Å². The van der Waals surface area contributed by atoms with Gasteiger partial charge < -0.3 is 10.1 Å². The number of ether oxygens (including phenoxy) is 1. The molecule has 0 radical (unpaired) electrons. The summed E-state index contributed by atoms with van der Waals surface area (Å²) in [6.45, 7) is -0.0452. The molecule has 2 rings (SSSR count). The SMILES string of the molecule is O=C(COC(=O)c1ccc(SC(F)(F)F)cc1)NCCc1ccccc1. The highest BCUT2D eigenvalue weighted by Gasteiger charge is 2.29. The van der Waals surface area contributed by atoms with Gasteiger partial charge in [-0.3, -0.25) is 4.79 Å². The maximum atomic E-state index is 12.2. The first-order chi connectivity index (χ1) is 12.3. The summed E-state index contributed by atoms with van der Waals surface area (Å²) in [6, 6.07) is 14.4. The zero-order chi connectivity index (χ0) is 19.0. The molecule has 0 saturated heterocycles. The topological polar surface area (TPSA) is 55.4 Å². The smallest absolute Gasteiger partial charge is 0.446 e. The summed E-state index contributed by atoms with van der Waals surface area (Å²) in [7, 11) is 0. The first-order valence-electron chi connectivity index (χ1n) is 7.67. The van der Waals surface area contributed by atoms with Crippen molar-refractivity contribution in [1.29, 1.82) is 0 Å². The third kappa shape index (κ3) is 7.18. The molecular formula is C18H16F3NO3S. The van der Waals surface area contributed by atoms with E-state index < -0.39 is 24.0 Å². The van der Waals surface area contributed by atoms with Crippen molar-refractivity contribution in [1.82, 2.24) is 5.32 Å². The molecule has 1 N–H and O–H groups in total. The molecule has 2 aromatic rings. The summed E-state index contributed by atoms with van der Waals surface area (Å²) in [6.07, 6.45) is 0.652. The average Bonchev–Trinajstić information content (AvgIpc) is 2.60. The second-order valence-electron chi connectivity index (χ2n) is 5.23. The Morgan fingerprint density at radius 1 is 1.00 bits per heavy atom. The van der Waals surface area contributed by atoms with Crippen molar-refractivity contribution in [3.05, 3.63) is 65.7 Å². The first kappa shape index (κ1) is 19.8. The lowest BCUT2D eigenvalue weighted by molar-refractivity contribution is -0.124. The summed E-state index contributed by atoms with van der Waals surface area (Å²) in [5, 5.41) is 2.63. The molecule has 0 atom stereocenters. The lowest BCUT2D eigenvalue weighted by Gasteiger charge is -2.08.